The number of pyridine rings is 1. The van der Waals surface area contributed by atoms with Gasteiger partial charge in [0, 0.05) is 0 Å². The molecule has 0 aliphatic carbocycles. The molecule has 1 heterocycles. The second kappa shape index (κ2) is 6.78. The van der Waals surface area contributed by atoms with Gasteiger partial charge in [-0.05, 0) is 36.2 Å². The first-order valence-electron chi connectivity index (χ1n) is 6.25. The molecule has 0 aliphatic heterocycles. The molecule has 1 amide bonds. The van der Waals surface area contributed by atoms with Gasteiger partial charge in [-0.1, -0.05) is 35.3 Å². The van der Waals surface area contributed by atoms with E-state index < -0.39 is 0 Å². The lowest BCUT2D eigenvalue weighted by molar-refractivity contribution is -0.115. The number of nitrogens with zero attached hydrogens (tertiary/aromatic N) is 1. The van der Waals surface area contributed by atoms with E-state index in [0.717, 1.165) is 16.9 Å². The molecule has 2 aromatic rings. The maximum atomic E-state index is 12.1. The van der Waals surface area contributed by atoms with Crippen LogP contribution in [0.4, 0.5) is 5.69 Å². The first-order chi connectivity index (χ1) is 9.99. The van der Waals surface area contributed by atoms with E-state index in [0.29, 0.717) is 10.8 Å². The average Bonchev–Trinajstić information content (AvgIpc) is 2.43. The number of methoxy groups -OCH3 is 1. The fourth-order valence-corrected chi connectivity index (χ4v) is 2.44. The van der Waals surface area contributed by atoms with E-state index in [-0.39, 0.29) is 17.5 Å². The lowest BCUT2D eigenvalue weighted by Gasteiger charge is -2.10. The van der Waals surface area contributed by atoms with Crippen molar-refractivity contribution in [1.29, 1.82) is 0 Å². The number of rotatable bonds is 4. The predicted molar refractivity (Wildman–Crippen MR) is 84.3 cm³/mol. The predicted octanol–water partition coefficient (Wildman–Crippen LogP) is 3.89. The third kappa shape index (κ3) is 4.09. The third-order valence-electron chi connectivity index (χ3n) is 2.93. The Balaban J connectivity index is 2.08. The van der Waals surface area contributed by atoms with E-state index in [9.17, 15) is 4.79 Å². The van der Waals surface area contributed by atoms with Crippen LogP contribution in [0.25, 0.3) is 0 Å². The van der Waals surface area contributed by atoms with Crippen molar-refractivity contribution in [3.05, 3.63) is 51.8 Å². The molecule has 0 saturated carbocycles. The highest BCUT2D eigenvalue weighted by atomic mass is 35.5. The number of ether oxygens (including phenoxy) is 1. The van der Waals surface area contributed by atoms with Gasteiger partial charge in [-0.3, -0.25) is 4.79 Å². The number of hydrogen-bond donors (Lipinski definition) is 1. The van der Waals surface area contributed by atoms with Crippen molar-refractivity contribution in [3.63, 3.8) is 0 Å². The summed E-state index contributed by atoms with van der Waals surface area (Å²) in [7, 11) is 1.60. The van der Waals surface area contributed by atoms with Crippen LogP contribution >= 0.6 is 23.2 Å². The molecule has 0 bridgehead atoms. The molecule has 110 valence electrons. The summed E-state index contributed by atoms with van der Waals surface area (Å²) in [6, 6.07) is 8.95. The molecule has 0 unspecified atom stereocenters. The van der Waals surface area contributed by atoms with Crippen molar-refractivity contribution in [3.8, 4) is 5.75 Å². The van der Waals surface area contributed by atoms with Crippen LogP contribution in [-0.4, -0.2) is 18.0 Å². The zero-order chi connectivity index (χ0) is 15.4. The minimum Gasteiger partial charge on any atom is -0.497 e. The maximum Gasteiger partial charge on any atom is 0.228 e. The zero-order valence-corrected chi connectivity index (χ0v) is 13.1. The molecule has 0 aliphatic rings. The van der Waals surface area contributed by atoms with Crippen molar-refractivity contribution in [2.45, 2.75) is 13.3 Å². The second-order valence-corrected chi connectivity index (χ2v) is 5.25. The summed E-state index contributed by atoms with van der Waals surface area (Å²) in [6.45, 7) is 1.81. The number of nitrogens with one attached hydrogen (secondary N) is 1. The Hall–Kier alpha value is -1.78. The molecular formula is C15H14Cl2N2O2. The summed E-state index contributed by atoms with van der Waals surface area (Å²) in [4.78, 5) is 16.0. The van der Waals surface area contributed by atoms with E-state index >= 15 is 0 Å². The van der Waals surface area contributed by atoms with Gasteiger partial charge >= 0.3 is 0 Å². The molecule has 1 aromatic carbocycles. The fraction of sp³-hybridized carbons (Fsp3) is 0.200. The van der Waals surface area contributed by atoms with Crippen molar-refractivity contribution in [1.82, 2.24) is 4.98 Å². The van der Waals surface area contributed by atoms with E-state index in [4.69, 9.17) is 27.9 Å². The van der Waals surface area contributed by atoms with Crippen LogP contribution in [0.5, 0.6) is 5.75 Å². The second-order valence-electron chi connectivity index (χ2n) is 4.50. The number of amides is 1. The van der Waals surface area contributed by atoms with Gasteiger partial charge in [-0.2, -0.15) is 0 Å². The third-order valence-corrected chi connectivity index (χ3v) is 3.40. The first kappa shape index (κ1) is 15.6. The molecule has 0 atom stereocenters. The van der Waals surface area contributed by atoms with E-state index in [2.05, 4.69) is 10.3 Å². The maximum absolute atomic E-state index is 12.1. The number of carbonyl (C=O) groups excluding carboxylic acids is 1. The number of hydrogen-bond acceptors (Lipinski definition) is 3. The summed E-state index contributed by atoms with van der Waals surface area (Å²) in [5.41, 5.74) is 2.13. The molecule has 0 fully saturated rings. The van der Waals surface area contributed by atoms with E-state index in [1.165, 1.54) is 0 Å². The molecule has 1 aromatic heterocycles. The summed E-state index contributed by atoms with van der Waals surface area (Å²) >= 11 is 11.8. The lowest BCUT2D eigenvalue weighted by atomic mass is 10.1. The Labute approximate surface area is 133 Å². The van der Waals surface area contributed by atoms with Crippen LogP contribution < -0.4 is 10.1 Å². The zero-order valence-electron chi connectivity index (χ0n) is 11.6. The molecule has 0 radical (unpaired) electrons. The molecule has 1 N–H and O–H groups in total. The van der Waals surface area contributed by atoms with Gasteiger partial charge in [0.15, 0.2) is 5.15 Å². The topological polar surface area (TPSA) is 51.2 Å². The molecular weight excluding hydrogens is 311 g/mol. The number of benzene rings is 1. The summed E-state index contributed by atoms with van der Waals surface area (Å²) in [5, 5.41) is 3.24. The van der Waals surface area contributed by atoms with Crippen LogP contribution in [0.2, 0.25) is 10.3 Å². The van der Waals surface area contributed by atoms with Crippen LogP contribution in [0.15, 0.2) is 30.3 Å². The number of halogens is 2. The van der Waals surface area contributed by atoms with Crippen LogP contribution in [0.1, 0.15) is 11.1 Å². The molecule has 4 nitrogen and oxygen atoms in total. The Bertz CT molecular complexity index is 634. The van der Waals surface area contributed by atoms with Gasteiger partial charge in [0.1, 0.15) is 10.9 Å². The Morgan fingerprint density at radius 3 is 2.52 bits per heavy atom. The largest absolute Gasteiger partial charge is 0.497 e. The average molecular weight is 325 g/mol. The highest BCUT2D eigenvalue weighted by molar-refractivity contribution is 6.34. The first-order valence-corrected chi connectivity index (χ1v) is 7.00. The Kier molecular flexibility index (Phi) is 5.04. The Morgan fingerprint density at radius 1 is 1.29 bits per heavy atom. The minimum atomic E-state index is -0.172. The van der Waals surface area contributed by atoms with Crippen LogP contribution in [0, 0.1) is 6.92 Å². The number of carbonyl (C=O) groups is 1. The molecule has 21 heavy (non-hydrogen) atoms. The van der Waals surface area contributed by atoms with Crippen molar-refractivity contribution in [2.75, 3.05) is 12.4 Å². The van der Waals surface area contributed by atoms with Crippen molar-refractivity contribution < 1.29 is 9.53 Å². The molecule has 0 saturated heterocycles. The van der Waals surface area contributed by atoms with Gasteiger partial charge in [0.25, 0.3) is 0 Å². The van der Waals surface area contributed by atoms with E-state index in [1.807, 2.05) is 31.2 Å². The number of anilines is 1. The monoisotopic (exact) mass is 324 g/mol. The van der Waals surface area contributed by atoms with Gasteiger partial charge in [-0.25, -0.2) is 4.98 Å². The molecule has 0 spiro atoms. The minimum absolute atomic E-state index is 0.172. The van der Waals surface area contributed by atoms with Crippen LogP contribution in [-0.2, 0) is 11.2 Å². The van der Waals surface area contributed by atoms with Gasteiger partial charge in [-0.15, -0.1) is 0 Å². The molecule has 2 rings (SSSR count). The van der Waals surface area contributed by atoms with Crippen LogP contribution in [0.3, 0.4) is 0 Å². The van der Waals surface area contributed by atoms with Gasteiger partial charge < -0.3 is 10.1 Å². The van der Waals surface area contributed by atoms with Gasteiger partial charge in [0.05, 0.1) is 19.2 Å². The number of aromatic nitrogens is 1. The van der Waals surface area contributed by atoms with E-state index in [1.54, 1.807) is 13.2 Å². The molecule has 6 heteroatoms. The summed E-state index contributed by atoms with van der Waals surface area (Å²) < 4.78 is 5.07. The fourth-order valence-electron chi connectivity index (χ4n) is 1.86. The highest BCUT2D eigenvalue weighted by Crippen LogP contribution is 2.26. The summed E-state index contributed by atoms with van der Waals surface area (Å²) in [5.74, 6) is 0.578. The van der Waals surface area contributed by atoms with Crippen molar-refractivity contribution >= 4 is 34.8 Å². The SMILES string of the molecule is COc1ccc(CC(=O)Nc2c(C)cc(Cl)nc2Cl)cc1. The smallest absolute Gasteiger partial charge is 0.228 e. The van der Waals surface area contributed by atoms with Gasteiger partial charge in [0.2, 0.25) is 5.91 Å². The normalized spacial score (nSPS) is 10.3. The highest BCUT2D eigenvalue weighted by Gasteiger charge is 2.11. The van der Waals surface area contributed by atoms with Crippen molar-refractivity contribution in [2.24, 2.45) is 0 Å². The lowest BCUT2D eigenvalue weighted by Crippen LogP contribution is -2.15. The Morgan fingerprint density at radius 2 is 1.95 bits per heavy atom. The standard InChI is InChI=1S/C15H14Cl2N2O2/c1-9-7-12(16)18-15(17)14(9)19-13(20)8-10-3-5-11(21-2)6-4-10/h3-7H,8H2,1-2H3,(H,19,20). The quantitative estimate of drug-likeness (QED) is 0.868. The summed E-state index contributed by atoms with van der Waals surface area (Å²) in [6.07, 6.45) is 0.238. The number of aryl methyl sites for hydroxylation is 1.